The Kier molecular flexibility index (Phi) is 5.88. The molecule has 1 saturated carbocycles. The molecule has 1 atom stereocenters. The SMILES string of the molecule is CC(C)(C)OC(=O)NCCCNCC1CCN(C2CC2)C1. The van der Waals surface area contributed by atoms with Crippen LogP contribution in [0.5, 0.6) is 0 Å². The molecule has 1 aliphatic carbocycles. The van der Waals surface area contributed by atoms with E-state index in [-0.39, 0.29) is 6.09 Å². The first-order valence-corrected chi connectivity index (χ1v) is 8.35. The molecule has 2 rings (SSSR count). The third kappa shape index (κ3) is 6.66. The summed E-state index contributed by atoms with van der Waals surface area (Å²) < 4.78 is 5.19. The van der Waals surface area contributed by atoms with Crippen molar-refractivity contribution in [3.8, 4) is 0 Å². The van der Waals surface area contributed by atoms with Crippen LogP contribution in [0.2, 0.25) is 0 Å². The van der Waals surface area contributed by atoms with Crippen LogP contribution in [0.1, 0.15) is 46.5 Å². The summed E-state index contributed by atoms with van der Waals surface area (Å²) in [7, 11) is 0. The fourth-order valence-corrected chi connectivity index (χ4v) is 2.82. The van der Waals surface area contributed by atoms with Crippen molar-refractivity contribution in [2.24, 2.45) is 5.92 Å². The molecular weight excluding hydrogens is 266 g/mol. The van der Waals surface area contributed by atoms with Crippen LogP contribution in [0.3, 0.4) is 0 Å². The maximum absolute atomic E-state index is 11.4. The van der Waals surface area contributed by atoms with Crippen LogP contribution in [0.15, 0.2) is 0 Å². The van der Waals surface area contributed by atoms with Crippen molar-refractivity contribution in [1.29, 1.82) is 0 Å². The van der Waals surface area contributed by atoms with Gasteiger partial charge in [-0.1, -0.05) is 0 Å². The summed E-state index contributed by atoms with van der Waals surface area (Å²) in [5, 5.41) is 6.30. The highest BCUT2D eigenvalue weighted by Crippen LogP contribution is 2.31. The van der Waals surface area contributed by atoms with Gasteiger partial charge < -0.3 is 20.3 Å². The molecule has 0 aromatic heterocycles. The van der Waals surface area contributed by atoms with Crippen LogP contribution in [0, 0.1) is 5.92 Å². The number of nitrogens with one attached hydrogen (secondary N) is 2. The quantitative estimate of drug-likeness (QED) is 0.706. The summed E-state index contributed by atoms with van der Waals surface area (Å²) in [5.74, 6) is 0.810. The van der Waals surface area contributed by atoms with Crippen LogP contribution in [-0.2, 0) is 4.74 Å². The van der Waals surface area contributed by atoms with E-state index in [1.807, 2.05) is 20.8 Å². The monoisotopic (exact) mass is 297 g/mol. The van der Waals surface area contributed by atoms with Crippen LogP contribution < -0.4 is 10.6 Å². The second kappa shape index (κ2) is 7.45. The molecule has 0 spiro atoms. The number of carbonyl (C=O) groups is 1. The molecule has 0 bridgehead atoms. The van der Waals surface area contributed by atoms with Gasteiger partial charge in [0.1, 0.15) is 5.60 Å². The minimum absolute atomic E-state index is 0.321. The van der Waals surface area contributed by atoms with E-state index in [4.69, 9.17) is 4.74 Å². The topological polar surface area (TPSA) is 53.6 Å². The van der Waals surface area contributed by atoms with Gasteiger partial charge in [0, 0.05) is 19.1 Å². The summed E-state index contributed by atoms with van der Waals surface area (Å²) in [6.07, 6.45) is 4.78. The van der Waals surface area contributed by atoms with Crippen molar-refractivity contribution >= 4 is 6.09 Å². The number of nitrogens with zero attached hydrogens (tertiary/aromatic N) is 1. The largest absolute Gasteiger partial charge is 0.444 e. The summed E-state index contributed by atoms with van der Waals surface area (Å²) in [6, 6.07) is 0.910. The van der Waals surface area contributed by atoms with Crippen molar-refractivity contribution < 1.29 is 9.53 Å². The number of carbonyl (C=O) groups excluding carboxylic acids is 1. The van der Waals surface area contributed by atoms with E-state index >= 15 is 0 Å². The third-order valence-electron chi connectivity index (χ3n) is 4.01. The predicted molar refractivity (Wildman–Crippen MR) is 84.4 cm³/mol. The minimum Gasteiger partial charge on any atom is -0.444 e. The third-order valence-corrected chi connectivity index (χ3v) is 4.01. The number of hydrogen-bond acceptors (Lipinski definition) is 4. The van der Waals surface area contributed by atoms with Gasteiger partial charge in [0.25, 0.3) is 0 Å². The first-order chi connectivity index (χ1) is 9.94. The first-order valence-electron chi connectivity index (χ1n) is 8.35. The highest BCUT2D eigenvalue weighted by molar-refractivity contribution is 5.67. The standard InChI is InChI=1S/C16H31N3O2/c1-16(2,3)21-15(20)18-9-4-8-17-11-13-7-10-19(12-13)14-5-6-14/h13-14,17H,4-12H2,1-3H3,(H,18,20). The summed E-state index contributed by atoms with van der Waals surface area (Å²) in [6.45, 7) is 10.9. The second-order valence-electron chi connectivity index (χ2n) is 7.37. The Bertz CT molecular complexity index is 337. The molecule has 0 aromatic carbocycles. The van der Waals surface area contributed by atoms with E-state index in [0.717, 1.165) is 31.5 Å². The number of hydrogen-bond donors (Lipinski definition) is 2. The molecule has 1 amide bonds. The van der Waals surface area contributed by atoms with E-state index < -0.39 is 5.60 Å². The Morgan fingerprint density at radius 2 is 2.00 bits per heavy atom. The molecule has 2 N–H and O–H groups in total. The maximum atomic E-state index is 11.4. The zero-order valence-corrected chi connectivity index (χ0v) is 13.8. The number of alkyl carbamates (subject to hydrolysis) is 1. The molecule has 2 fully saturated rings. The molecule has 1 unspecified atom stereocenters. The fraction of sp³-hybridized carbons (Fsp3) is 0.938. The van der Waals surface area contributed by atoms with Gasteiger partial charge in [-0.25, -0.2) is 4.79 Å². The highest BCUT2D eigenvalue weighted by Gasteiger charge is 2.33. The molecular formula is C16H31N3O2. The van der Waals surface area contributed by atoms with Crippen molar-refractivity contribution in [1.82, 2.24) is 15.5 Å². The minimum atomic E-state index is -0.418. The van der Waals surface area contributed by atoms with Gasteiger partial charge in [-0.15, -0.1) is 0 Å². The number of likely N-dealkylation sites (tertiary alicyclic amines) is 1. The number of ether oxygens (including phenoxy) is 1. The van der Waals surface area contributed by atoms with Gasteiger partial charge in [-0.3, -0.25) is 0 Å². The Balaban J connectivity index is 1.42. The normalized spacial score (nSPS) is 23.3. The molecule has 1 heterocycles. The summed E-state index contributed by atoms with van der Waals surface area (Å²) >= 11 is 0. The predicted octanol–water partition coefficient (Wildman–Crippen LogP) is 1.98. The highest BCUT2D eigenvalue weighted by atomic mass is 16.6. The molecule has 5 nitrogen and oxygen atoms in total. The first kappa shape index (κ1) is 16.6. The molecule has 0 aromatic rings. The zero-order valence-electron chi connectivity index (χ0n) is 13.8. The van der Waals surface area contributed by atoms with E-state index in [9.17, 15) is 4.79 Å². The van der Waals surface area contributed by atoms with Crippen molar-refractivity contribution in [2.75, 3.05) is 32.7 Å². The lowest BCUT2D eigenvalue weighted by molar-refractivity contribution is 0.0527. The van der Waals surface area contributed by atoms with Gasteiger partial charge in [0.05, 0.1) is 0 Å². The van der Waals surface area contributed by atoms with E-state index in [1.165, 1.54) is 32.4 Å². The smallest absolute Gasteiger partial charge is 0.407 e. The number of amides is 1. The van der Waals surface area contributed by atoms with Gasteiger partial charge in [-0.2, -0.15) is 0 Å². The Labute approximate surface area is 128 Å². The molecule has 5 heteroatoms. The molecule has 1 saturated heterocycles. The van der Waals surface area contributed by atoms with Crippen LogP contribution in [0.25, 0.3) is 0 Å². The fourth-order valence-electron chi connectivity index (χ4n) is 2.82. The van der Waals surface area contributed by atoms with Crippen molar-refractivity contribution in [2.45, 2.75) is 58.1 Å². The van der Waals surface area contributed by atoms with E-state index in [2.05, 4.69) is 15.5 Å². The van der Waals surface area contributed by atoms with Crippen LogP contribution >= 0.6 is 0 Å². The molecule has 21 heavy (non-hydrogen) atoms. The lowest BCUT2D eigenvalue weighted by atomic mass is 10.1. The Morgan fingerprint density at radius 3 is 2.67 bits per heavy atom. The van der Waals surface area contributed by atoms with Gasteiger partial charge in [-0.05, 0) is 72.0 Å². The molecule has 122 valence electrons. The molecule has 1 aliphatic heterocycles. The summed E-state index contributed by atoms with van der Waals surface area (Å²) in [5.41, 5.74) is -0.418. The van der Waals surface area contributed by atoms with Crippen LogP contribution in [-0.4, -0.2) is 55.4 Å². The lowest BCUT2D eigenvalue weighted by Crippen LogP contribution is -2.34. The van der Waals surface area contributed by atoms with Gasteiger partial charge >= 0.3 is 6.09 Å². The molecule has 2 aliphatic rings. The average Bonchev–Trinajstić information content (AvgIpc) is 3.12. The molecule has 0 radical (unpaired) electrons. The summed E-state index contributed by atoms with van der Waals surface area (Å²) in [4.78, 5) is 14.1. The van der Waals surface area contributed by atoms with Crippen molar-refractivity contribution in [3.63, 3.8) is 0 Å². The Morgan fingerprint density at radius 1 is 1.24 bits per heavy atom. The average molecular weight is 297 g/mol. The van der Waals surface area contributed by atoms with Crippen LogP contribution in [0.4, 0.5) is 4.79 Å². The maximum Gasteiger partial charge on any atom is 0.407 e. The number of rotatable bonds is 7. The van der Waals surface area contributed by atoms with Gasteiger partial charge in [0.15, 0.2) is 0 Å². The van der Waals surface area contributed by atoms with E-state index in [0.29, 0.717) is 6.54 Å². The zero-order chi connectivity index (χ0) is 15.3. The van der Waals surface area contributed by atoms with E-state index in [1.54, 1.807) is 0 Å². The van der Waals surface area contributed by atoms with Crippen molar-refractivity contribution in [3.05, 3.63) is 0 Å². The lowest BCUT2D eigenvalue weighted by Gasteiger charge is -2.19. The Hall–Kier alpha value is -0.810. The second-order valence-corrected chi connectivity index (χ2v) is 7.37. The van der Waals surface area contributed by atoms with Gasteiger partial charge in [0.2, 0.25) is 0 Å².